The van der Waals surface area contributed by atoms with Crippen LogP contribution >= 0.6 is 0 Å². The van der Waals surface area contributed by atoms with Crippen molar-refractivity contribution < 1.29 is 13.3 Å². The highest BCUT2D eigenvalue weighted by molar-refractivity contribution is 6.28. The molecule has 0 spiro atoms. The molecule has 147 heavy (non-hydrogen) atoms. The van der Waals surface area contributed by atoms with Crippen molar-refractivity contribution in [3.05, 3.63) is 522 Å². The van der Waals surface area contributed by atoms with Gasteiger partial charge in [-0.3, -0.25) is 0 Å². The predicted molar refractivity (Wildman–Crippen MR) is 614 cm³/mol. The van der Waals surface area contributed by atoms with E-state index in [0.29, 0.717) is 0 Å². The first kappa shape index (κ1) is 83.1. The molecule has 0 atom stereocenters. The first-order valence-corrected chi connectivity index (χ1v) is 50.2. The quantitative estimate of drug-likeness (QED) is 0.130. The maximum Gasteiger partial charge on any atom is 0.143 e. The molecule has 0 bridgehead atoms. The van der Waals surface area contributed by atoms with E-state index < -0.39 is 0 Å². The summed E-state index contributed by atoms with van der Waals surface area (Å²) in [5.74, 6) is 0. The highest BCUT2D eigenvalue weighted by Gasteiger charge is 2.28. The van der Waals surface area contributed by atoms with E-state index in [0.717, 1.165) is 133 Å². The number of furan rings is 3. The summed E-state index contributed by atoms with van der Waals surface area (Å²) in [6, 6.07) is 187. The minimum atomic E-state index is 0.913. The van der Waals surface area contributed by atoms with Gasteiger partial charge in [0, 0.05) is 148 Å². The van der Waals surface area contributed by atoms with Crippen LogP contribution in [0.25, 0.3) is 286 Å². The number of benzene rings is 23. The number of nitrogens with zero attached hydrogens (tertiary/aromatic N) is 6. The first-order valence-electron chi connectivity index (χ1n) is 50.2. The van der Waals surface area contributed by atoms with Crippen LogP contribution in [0.3, 0.4) is 0 Å². The fourth-order valence-electron chi connectivity index (χ4n) is 23.9. The van der Waals surface area contributed by atoms with Crippen molar-refractivity contribution in [3.8, 4) is 89.8 Å². The molecule has 9 heterocycles. The number of fused-ring (bicyclic) bond motifs is 30. The Balaban J connectivity index is 0.000000102. The molecule has 0 amide bonds. The van der Waals surface area contributed by atoms with Crippen molar-refractivity contribution in [2.45, 2.75) is 0 Å². The summed E-state index contributed by atoms with van der Waals surface area (Å²) in [6.07, 6.45) is 0. The smallest absolute Gasteiger partial charge is 0.143 e. The van der Waals surface area contributed by atoms with Gasteiger partial charge in [-0.15, -0.1) is 0 Å². The average molecular weight is 1880 g/mol. The van der Waals surface area contributed by atoms with Crippen molar-refractivity contribution in [2.75, 3.05) is 0 Å². The van der Waals surface area contributed by atoms with Gasteiger partial charge in [-0.05, 0) is 166 Å². The minimum absolute atomic E-state index is 0.913. The van der Waals surface area contributed by atoms with E-state index in [1.54, 1.807) is 0 Å². The maximum absolute atomic E-state index is 6.42. The van der Waals surface area contributed by atoms with Gasteiger partial charge in [0.25, 0.3) is 0 Å². The summed E-state index contributed by atoms with van der Waals surface area (Å²) in [7, 11) is 0. The van der Waals surface area contributed by atoms with Crippen LogP contribution in [-0.2, 0) is 0 Å². The normalized spacial score (nSPS) is 11.9. The number of rotatable bonds is 11. The summed E-state index contributed by atoms with van der Waals surface area (Å²) in [5.41, 5.74) is 38.2. The van der Waals surface area contributed by atoms with Crippen LogP contribution in [0.1, 0.15) is 0 Å². The predicted octanol–water partition coefficient (Wildman–Crippen LogP) is 37.7. The molecule has 0 aliphatic rings. The van der Waals surface area contributed by atoms with Crippen molar-refractivity contribution in [1.29, 1.82) is 0 Å². The molecule has 0 aliphatic heterocycles. The molecule has 686 valence electrons. The van der Waals surface area contributed by atoms with Gasteiger partial charge in [0.1, 0.15) is 33.5 Å². The van der Waals surface area contributed by atoms with Crippen LogP contribution < -0.4 is 0 Å². The highest BCUT2D eigenvalue weighted by atomic mass is 16.3. The lowest BCUT2D eigenvalue weighted by Crippen LogP contribution is -1.99. The van der Waals surface area contributed by atoms with Crippen LogP contribution in [0.5, 0.6) is 0 Å². The zero-order valence-electron chi connectivity index (χ0n) is 79.6. The molecular formula is C138H86N6O3. The van der Waals surface area contributed by atoms with E-state index in [9.17, 15) is 0 Å². The van der Waals surface area contributed by atoms with Gasteiger partial charge in [-0.25, -0.2) is 0 Å². The summed E-state index contributed by atoms with van der Waals surface area (Å²) in [6.45, 7) is 0. The second-order valence-electron chi connectivity index (χ2n) is 38.3. The second kappa shape index (κ2) is 33.5. The summed E-state index contributed by atoms with van der Waals surface area (Å²) >= 11 is 0. The molecule has 0 aliphatic carbocycles. The van der Waals surface area contributed by atoms with Crippen LogP contribution in [0.4, 0.5) is 0 Å². The van der Waals surface area contributed by atoms with Gasteiger partial charge < -0.3 is 40.7 Å². The Labute approximate surface area is 842 Å². The number of para-hydroxylation sites is 13. The fraction of sp³-hybridized carbons (Fsp3) is 0. The van der Waals surface area contributed by atoms with E-state index in [1.165, 1.54) is 153 Å². The Morgan fingerprint density at radius 1 is 0.116 bits per heavy atom. The van der Waals surface area contributed by atoms with Crippen molar-refractivity contribution in [3.63, 3.8) is 0 Å². The maximum atomic E-state index is 6.42. The average Bonchev–Trinajstić information content (AvgIpc) is 1.55. The zero-order valence-corrected chi connectivity index (χ0v) is 79.6. The monoisotopic (exact) mass is 1870 g/mol. The van der Waals surface area contributed by atoms with Gasteiger partial charge in [-0.1, -0.05) is 394 Å². The molecule has 32 aromatic rings. The van der Waals surface area contributed by atoms with Crippen LogP contribution in [0, 0.1) is 0 Å². The lowest BCUT2D eigenvalue weighted by atomic mass is 10.0. The van der Waals surface area contributed by atoms with Crippen molar-refractivity contribution in [2.24, 2.45) is 0 Å². The third kappa shape index (κ3) is 13.1. The van der Waals surface area contributed by atoms with Crippen molar-refractivity contribution in [1.82, 2.24) is 27.4 Å². The summed E-state index contributed by atoms with van der Waals surface area (Å²) in [5, 5.41) is 21.8. The SMILES string of the molecule is c1ccc(-c2ccc(-n3c4ccccc4c4ccc5c6ccccc6n(-c6ccc(-c7cccc8c7oc7ccccc78)cc6)c5c43)cc2)cc1.c1ccc(-c2cccc(-n3c4ccccc4c4ccc5c6ccccc6n(-c6ccc(-c7cccc8c7oc7ccccc78)cc6)c5c43)c2)cc1.c1ccc(-n2c3ccccc3c3ccc4c5ccccc5n(-c5ccc(-c6cccc7c6oc6ccccc67)cc5)c4c32)cc1. The summed E-state index contributed by atoms with van der Waals surface area (Å²) < 4.78 is 33.9. The Morgan fingerprint density at radius 3 is 0.605 bits per heavy atom. The Morgan fingerprint density at radius 2 is 0.313 bits per heavy atom. The Hall–Kier alpha value is -19.7. The standard InChI is InChI=1S/2C48H30N2O.C42H26N2O/c1-2-12-31(13-3-1)33-14-10-15-35(30-33)50-44-22-8-5-17-38(44)41-29-28-40-37-16-4-7-21-43(37)49(46(40)47(41)50)34-26-24-32(25-27-34)36-19-11-20-42-39-18-6-9-23-45(39)51-48(36)42;1-2-11-31(12-3-1)32-21-25-34(26-22-32)49-43-18-7-4-13-37(43)40-29-30-41-38-14-5-8-19-44(38)50(47(41)46(40)49)35-27-23-33(24-28-35)36-16-10-17-42-39-15-6-9-20-45(39)51-48(36)42;1-2-11-28(12-3-1)43-37-18-7-4-13-31(37)34-25-26-35-32-14-5-8-19-38(32)44(41(35)40(34)43)29-23-21-27(22-24-29)30-16-10-17-36-33-15-6-9-20-39(33)45-42(30)36/h2*1-30H;1-26H. The number of hydrogen-bond donors (Lipinski definition) is 0. The third-order valence-electron chi connectivity index (χ3n) is 30.4. The molecule has 0 fully saturated rings. The Kier molecular flexibility index (Phi) is 18.9. The second-order valence-corrected chi connectivity index (χ2v) is 38.3. The molecule has 23 aromatic carbocycles. The highest BCUT2D eigenvalue weighted by Crippen LogP contribution is 2.50. The van der Waals surface area contributed by atoms with Crippen molar-refractivity contribution >= 4 is 197 Å². The molecule has 0 saturated carbocycles. The van der Waals surface area contributed by atoms with Crippen LogP contribution in [0.15, 0.2) is 535 Å². The summed E-state index contributed by atoms with van der Waals surface area (Å²) in [4.78, 5) is 0. The topological polar surface area (TPSA) is 69.0 Å². The molecule has 0 unspecified atom stereocenters. The Bertz CT molecular complexity index is 10900. The van der Waals surface area contributed by atoms with E-state index in [4.69, 9.17) is 13.3 Å². The molecule has 32 rings (SSSR count). The molecule has 9 heteroatoms. The van der Waals surface area contributed by atoms with E-state index in [2.05, 4.69) is 513 Å². The number of aromatic nitrogens is 6. The lowest BCUT2D eigenvalue weighted by Gasteiger charge is -2.14. The molecule has 0 radical (unpaired) electrons. The molecular weight excluding hydrogens is 1790 g/mol. The third-order valence-corrected chi connectivity index (χ3v) is 30.4. The molecule has 9 aromatic heterocycles. The van der Waals surface area contributed by atoms with Gasteiger partial charge in [0.2, 0.25) is 0 Å². The first-order chi connectivity index (χ1) is 73.0. The lowest BCUT2D eigenvalue weighted by molar-refractivity contribution is 0.669. The number of hydrogen-bond acceptors (Lipinski definition) is 3. The van der Waals surface area contributed by atoms with E-state index in [-0.39, 0.29) is 0 Å². The van der Waals surface area contributed by atoms with Gasteiger partial charge in [0.15, 0.2) is 0 Å². The minimum Gasteiger partial charge on any atom is -0.455 e. The van der Waals surface area contributed by atoms with Crippen LogP contribution in [-0.4, -0.2) is 27.4 Å². The zero-order chi connectivity index (χ0) is 96.4. The van der Waals surface area contributed by atoms with E-state index in [1.807, 2.05) is 36.4 Å². The fourth-order valence-corrected chi connectivity index (χ4v) is 23.9. The van der Waals surface area contributed by atoms with E-state index >= 15 is 0 Å². The van der Waals surface area contributed by atoms with Gasteiger partial charge >= 0.3 is 0 Å². The largest absolute Gasteiger partial charge is 0.455 e. The van der Waals surface area contributed by atoms with Crippen LogP contribution in [0.2, 0.25) is 0 Å². The molecule has 9 nitrogen and oxygen atoms in total. The molecule has 0 N–H and O–H groups in total. The van der Waals surface area contributed by atoms with Gasteiger partial charge in [-0.2, -0.15) is 0 Å². The van der Waals surface area contributed by atoms with Gasteiger partial charge in [0.05, 0.1) is 66.2 Å². The molecule has 0 saturated heterocycles.